The zero-order valence-electron chi connectivity index (χ0n) is 11.7. The van der Waals surface area contributed by atoms with Gasteiger partial charge in [-0.05, 0) is 59.7 Å². The Labute approximate surface area is 137 Å². The number of aromatic nitrogens is 2. The first-order valence-corrected chi connectivity index (χ1v) is 9.07. The van der Waals surface area contributed by atoms with Crippen molar-refractivity contribution in [1.82, 2.24) is 9.97 Å². The number of hydrogen-bond donors (Lipinski definition) is 1. The Morgan fingerprint density at radius 3 is 2.75 bits per heavy atom. The second kappa shape index (κ2) is 5.97. The van der Waals surface area contributed by atoms with Gasteiger partial charge in [0, 0.05) is 23.4 Å². The molecule has 0 radical (unpaired) electrons. The predicted molar refractivity (Wildman–Crippen MR) is 93.6 cm³/mol. The van der Waals surface area contributed by atoms with Crippen LogP contribution >= 0.6 is 33.9 Å². The van der Waals surface area contributed by atoms with Crippen LogP contribution in [0.15, 0.2) is 10.8 Å². The standard InChI is InChI=1S/C15H18IN3S/c1-3-6-17-15-12(16)13(10-4-5-10)18-14(19-15)11-8-20-7-9(11)2/h7-8,10H,3-6H2,1-2H3,(H,17,18,19). The van der Waals surface area contributed by atoms with Gasteiger partial charge in [0.2, 0.25) is 0 Å². The Morgan fingerprint density at radius 2 is 2.15 bits per heavy atom. The molecule has 2 heterocycles. The summed E-state index contributed by atoms with van der Waals surface area (Å²) in [6.07, 6.45) is 3.64. The van der Waals surface area contributed by atoms with Gasteiger partial charge in [-0.25, -0.2) is 9.97 Å². The lowest BCUT2D eigenvalue weighted by Crippen LogP contribution is -2.08. The van der Waals surface area contributed by atoms with E-state index in [0.717, 1.165) is 24.6 Å². The van der Waals surface area contributed by atoms with E-state index in [2.05, 4.69) is 52.5 Å². The third kappa shape index (κ3) is 2.83. The van der Waals surface area contributed by atoms with Crippen molar-refractivity contribution in [3.05, 3.63) is 25.6 Å². The highest BCUT2D eigenvalue weighted by Gasteiger charge is 2.29. The van der Waals surface area contributed by atoms with Crippen LogP contribution < -0.4 is 5.32 Å². The summed E-state index contributed by atoms with van der Waals surface area (Å²) in [4.78, 5) is 9.62. The summed E-state index contributed by atoms with van der Waals surface area (Å²) in [6, 6.07) is 0. The molecule has 106 valence electrons. The minimum Gasteiger partial charge on any atom is -0.369 e. The molecule has 3 nitrogen and oxygen atoms in total. The van der Waals surface area contributed by atoms with Crippen molar-refractivity contribution in [2.24, 2.45) is 0 Å². The molecule has 20 heavy (non-hydrogen) atoms. The molecule has 0 unspecified atom stereocenters. The van der Waals surface area contributed by atoms with Crippen LogP contribution in [0.3, 0.4) is 0 Å². The number of nitrogens with zero attached hydrogens (tertiary/aromatic N) is 2. The molecular weight excluding hydrogens is 381 g/mol. The average Bonchev–Trinajstić information content (AvgIpc) is 3.20. The highest BCUT2D eigenvalue weighted by Crippen LogP contribution is 2.43. The van der Waals surface area contributed by atoms with E-state index in [-0.39, 0.29) is 0 Å². The van der Waals surface area contributed by atoms with Gasteiger partial charge >= 0.3 is 0 Å². The fraction of sp³-hybridized carbons (Fsp3) is 0.467. The van der Waals surface area contributed by atoms with E-state index in [1.54, 1.807) is 11.3 Å². The monoisotopic (exact) mass is 399 g/mol. The minimum absolute atomic E-state index is 0.643. The summed E-state index contributed by atoms with van der Waals surface area (Å²) in [7, 11) is 0. The number of thiophene rings is 1. The third-order valence-electron chi connectivity index (χ3n) is 3.48. The second-order valence-corrected chi connectivity index (χ2v) is 7.09. The largest absolute Gasteiger partial charge is 0.369 e. The SMILES string of the molecule is CCCNc1nc(-c2cscc2C)nc(C2CC2)c1I. The fourth-order valence-corrected chi connectivity index (χ4v) is 3.86. The Morgan fingerprint density at radius 1 is 1.35 bits per heavy atom. The maximum Gasteiger partial charge on any atom is 0.162 e. The van der Waals surface area contributed by atoms with Crippen molar-refractivity contribution in [1.29, 1.82) is 0 Å². The number of halogens is 1. The van der Waals surface area contributed by atoms with Gasteiger partial charge in [-0.15, -0.1) is 0 Å². The third-order valence-corrected chi connectivity index (χ3v) is 5.40. The van der Waals surface area contributed by atoms with Crippen LogP contribution in [0.25, 0.3) is 11.4 Å². The molecule has 0 atom stereocenters. The molecule has 1 N–H and O–H groups in total. The molecule has 2 aromatic rings. The molecule has 0 aliphatic heterocycles. The molecule has 1 fully saturated rings. The molecule has 0 aromatic carbocycles. The van der Waals surface area contributed by atoms with E-state index in [9.17, 15) is 0 Å². The summed E-state index contributed by atoms with van der Waals surface area (Å²) >= 11 is 4.11. The van der Waals surface area contributed by atoms with Crippen LogP contribution in [0.5, 0.6) is 0 Å². The lowest BCUT2D eigenvalue weighted by atomic mass is 10.2. The van der Waals surface area contributed by atoms with Crippen molar-refractivity contribution in [2.45, 2.75) is 39.0 Å². The minimum atomic E-state index is 0.643. The Balaban J connectivity index is 2.06. The molecular formula is C15H18IN3S. The molecule has 0 bridgehead atoms. The van der Waals surface area contributed by atoms with Crippen LogP contribution in [-0.4, -0.2) is 16.5 Å². The summed E-state index contributed by atoms with van der Waals surface area (Å²) in [5.74, 6) is 2.53. The number of hydrogen-bond acceptors (Lipinski definition) is 4. The van der Waals surface area contributed by atoms with E-state index in [0.29, 0.717) is 5.92 Å². The normalized spacial score (nSPS) is 14.6. The van der Waals surface area contributed by atoms with Crippen molar-refractivity contribution >= 4 is 39.7 Å². The average molecular weight is 399 g/mol. The van der Waals surface area contributed by atoms with Gasteiger partial charge < -0.3 is 5.32 Å². The summed E-state index contributed by atoms with van der Waals surface area (Å²) in [5, 5.41) is 7.76. The zero-order chi connectivity index (χ0) is 14.1. The van der Waals surface area contributed by atoms with Gasteiger partial charge in [0.15, 0.2) is 5.82 Å². The number of anilines is 1. The van der Waals surface area contributed by atoms with Crippen molar-refractivity contribution in [3.8, 4) is 11.4 Å². The highest BCUT2D eigenvalue weighted by atomic mass is 127. The number of aryl methyl sites for hydroxylation is 1. The van der Waals surface area contributed by atoms with Crippen molar-refractivity contribution in [3.63, 3.8) is 0 Å². The van der Waals surface area contributed by atoms with Gasteiger partial charge in [0.05, 0.1) is 9.26 Å². The second-order valence-electron chi connectivity index (χ2n) is 5.26. The fourth-order valence-electron chi connectivity index (χ4n) is 2.16. The Kier molecular flexibility index (Phi) is 4.26. The van der Waals surface area contributed by atoms with Crippen LogP contribution in [-0.2, 0) is 0 Å². The van der Waals surface area contributed by atoms with Crippen molar-refractivity contribution in [2.75, 3.05) is 11.9 Å². The Bertz CT molecular complexity index is 620. The van der Waals surface area contributed by atoms with E-state index >= 15 is 0 Å². The molecule has 1 aliphatic carbocycles. The molecule has 1 aliphatic rings. The van der Waals surface area contributed by atoms with E-state index in [1.807, 2.05) is 0 Å². The number of nitrogens with one attached hydrogen (secondary N) is 1. The zero-order valence-corrected chi connectivity index (χ0v) is 14.7. The van der Waals surface area contributed by atoms with Gasteiger partial charge in [0.25, 0.3) is 0 Å². The lowest BCUT2D eigenvalue weighted by molar-refractivity contribution is 0.938. The molecule has 0 spiro atoms. The highest BCUT2D eigenvalue weighted by molar-refractivity contribution is 14.1. The maximum atomic E-state index is 4.85. The quantitative estimate of drug-likeness (QED) is 0.733. The van der Waals surface area contributed by atoms with E-state index < -0.39 is 0 Å². The van der Waals surface area contributed by atoms with Gasteiger partial charge in [-0.2, -0.15) is 11.3 Å². The number of rotatable bonds is 5. The van der Waals surface area contributed by atoms with Crippen LogP contribution in [0.1, 0.15) is 43.4 Å². The summed E-state index contributed by atoms with van der Waals surface area (Å²) in [6.45, 7) is 5.26. The smallest absolute Gasteiger partial charge is 0.162 e. The van der Waals surface area contributed by atoms with Gasteiger partial charge in [-0.3, -0.25) is 0 Å². The molecule has 5 heteroatoms. The van der Waals surface area contributed by atoms with Crippen LogP contribution in [0.4, 0.5) is 5.82 Å². The molecule has 0 saturated heterocycles. The van der Waals surface area contributed by atoms with Crippen LogP contribution in [0, 0.1) is 10.5 Å². The topological polar surface area (TPSA) is 37.8 Å². The van der Waals surface area contributed by atoms with Gasteiger partial charge in [-0.1, -0.05) is 6.92 Å². The lowest BCUT2D eigenvalue weighted by Gasteiger charge is -2.12. The first-order chi connectivity index (χ1) is 9.70. The first-order valence-electron chi connectivity index (χ1n) is 7.05. The Hall–Kier alpha value is -0.690. The maximum absolute atomic E-state index is 4.85. The molecule has 2 aromatic heterocycles. The first kappa shape index (κ1) is 14.3. The molecule has 1 saturated carbocycles. The summed E-state index contributed by atoms with van der Waals surface area (Å²) < 4.78 is 1.20. The predicted octanol–water partition coefficient (Wildman–Crippen LogP) is 4.82. The van der Waals surface area contributed by atoms with Crippen molar-refractivity contribution < 1.29 is 0 Å². The van der Waals surface area contributed by atoms with E-state index in [1.165, 1.54) is 33.2 Å². The molecule has 3 rings (SSSR count). The van der Waals surface area contributed by atoms with Gasteiger partial charge in [0.1, 0.15) is 5.82 Å². The van der Waals surface area contributed by atoms with Crippen LogP contribution in [0.2, 0.25) is 0 Å². The summed E-state index contributed by atoms with van der Waals surface area (Å²) in [5.41, 5.74) is 3.67. The molecule has 0 amide bonds. The van der Waals surface area contributed by atoms with E-state index in [4.69, 9.17) is 9.97 Å².